The summed E-state index contributed by atoms with van der Waals surface area (Å²) in [5.74, 6) is -3.20. The zero-order valence-electron chi connectivity index (χ0n) is 20.5. The number of ether oxygens (including phenoxy) is 1. The van der Waals surface area contributed by atoms with E-state index in [1.165, 1.54) is 43.3 Å². The predicted octanol–water partition coefficient (Wildman–Crippen LogP) is -2.11. The number of amides is 5. The normalized spacial score (nSPS) is 17.6. The Labute approximate surface area is 208 Å². The monoisotopic (exact) mass is 504 g/mol. The molecule has 36 heavy (non-hydrogen) atoms. The molecule has 0 radical (unpaired) electrons. The van der Waals surface area contributed by atoms with Crippen molar-refractivity contribution in [1.29, 1.82) is 0 Å². The number of likely N-dealkylation sites (tertiary alicyclic amines) is 1. The summed E-state index contributed by atoms with van der Waals surface area (Å²) in [4.78, 5) is 75.3. The molecular weight excluding hydrogens is 472 g/mol. The Hall–Kier alpha value is -4.00. The molecule has 1 aliphatic heterocycles. The number of likely N-dealkylation sites (N-methyl/N-ethyl adjacent to an activating group) is 2. The smallest absolute Gasteiger partial charge is 0.305 e. The number of benzene rings is 1. The number of hydrogen-bond acceptors (Lipinski definition) is 8. The first-order valence-corrected chi connectivity index (χ1v) is 11.3. The van der Waals surface area contributed by atoms with Crippen LogP contribution in [0.1, 0.15) is 40.0 Å². The Bertz CT molecular complexity index is 1010. The Morgan fingerprint density at radius 2 is 1.83 bits per heavy atom. The molecule has 3 atom stereocenters. The zero-order valence-corrected chi connectivity index (χ0v) is 20.5. The molecule has 1 heterocycles. The summed E-state index contributed by atoms with van der Waals surface area (Å²) in [6.07, 6.45) is -0.0305. The van der Waals surface area contributed by atoms with Crippen molar-refractivity contribution in [3.05, 3.63) is 35.4 Å². The maximum absolute atomic E-state index is 13.4. The van der Waals surface area contributed by atoms with Gasteiger partial charge >= 0.3 is 5.97 Å². The maximum Gasteiger partial charge on any atom is 0.305 e. The van der Waals surface area contributed by atoms with Gasteiger partial charge in [0.15, 0.2) is 0 Å². The fraction of sp³-hybridized carbons (Fsp3) is 0.478. The number of methoxy groups -OCH3 is 1. The lowest BCUT2D eigenvalue weighted by Gasteiger charge is -2.28. The van der Waals surface area contributed by atoms with E-state index < -0.39 is 53.6 Å². The Morgan fingerprint density at radius 1 is 1.14 bits per heavy atom. The van der Waals surface area contributed by atoms with Crippen LogP contribution in [0.4, 0.5) is 0 Å². The van der Waals surface area contributed by atoms with Gasteiger partial charge in [0.1, 0.15) is 12.1 Å². The van der Waals surface area contributed by atoms with Crippen molar-refractivity contribution in [2.75, 3.05) is 34.3 Å². The van der Waals surface area contributed by atoms with Gasteiger partial charge in [0.05, 0.1) is 13.7 Å². The second-order valence-electron chi connectivity index (χ2n) is 8.24. The van der Waals surface area contributed by atoms with Crippen molar-refractivity contribution in [1.82, 2.24) is 26.2 Å². The van der Waals surface area contributed by atoms with Gasteiger partial charge in [-0.15, -0.1) is 0 Å². The Balaban J connectivity index is 2.21. The Morgan fingerprint density at radius 3 is 2.44 bits per heavy atom. The van der Waals surface area contributed by atoms with E-state index in [1.807, 2.05) is 0 Å². The van der Waals surface area contributed by atoms with Crippen LogP contribution < -0.4 is 27.0 Å². The third-order valence-corrected chi connectivity index (χ3v) is 5.71. The van der Waals surface area contributed by atoms with Crippen LogP contribution in [0.2, 0.25) is 0 Å². The van der Waals surface area contributed by atoms with Crippen molar-refractivity contribution < 1.29 is 33.5 Å². The van der Waals surface area contributed by atoms with Gasteiger partial charge < -0.3 is 36.6 Å². The minimum Gasteiger partial charge on any atom is -0.469 e. The molecule has 13 nitrogen and oxygen atoms in total. The number of hydrogen-bond donors (Lipinski definition) is 5. The lowest BCUT2D eigenvalue weighted by Crippen LogP contribution is -2.54. The number of nitrogens with two attached hydrogens (primary N) is 1. The van der Waals surface area contributed by atoms with E-state index in [0.29, 0.717) is 0 Å². The molecule has 3 unspecified atom stereocenters. The minimum absolute atomic E-state index is 0.00517. The van der Waals surface area contributed by atoms with Crippen LogP contribution in [-0.2, 0) is 23.9 Å². The summed E-state index contributed by atoms with van der Waals surface area (Å²) in [5, 5.41) is 10.6. The third-order valence-electron chi connectivity index (χ3n) is 5.71. The molecular formula is C23H32N6O7. The summed E-state index contributed by atoms with van der Waals surface area (Å²) >= 11 is 0. The molecule has 1 fully saturated rings. The fourth-order valence-electron chi connectivity index (χ4n) is 3.91. The molecule has 6 N–H and O–H groups in total. The van der Waals surface area contributed by atoms with Crippen molar-refractivity contribution in [2.45, 2.75) is 37.4 Å². The van der Waals surface area contributed by atoms with E-state index in [4.69, 9.17) is 5.73 Å². The third kappa shape index (κ3) is 7.50. The molecule has 0 aliphatic carbocycles. The number of primary amides is 1. The zero-order chi connectivity index (χ0) is 26.8. The van der Waals surface area contributed by atoms with E-state index in [1.54, 1.807) is 7.05 Å². The average Bonchev–Trinajstić information content (AvgIpc) is 3.29. The van der Waals surface area contributed by atoms with E-state index in [0.717, 1.165) is 0 Å². The van der Waals surface area contributed by atoms with Crippen LogP contribution in [0.15, 0.2) is 24.3 Å². The average molecular weight is 505 g/mol. The molecule has 0 saturated carbocycles. The number of rotatable bonds is 11. The SMILES string of the molecule is CNCC(=O)NC(CCC(=O)OC)C(=O)N1CC(NC(=O)c2cccc(C(N)=O)c2)CC1C(=O)NC. The Kier molecular flexibility index (Phi) is 10.3. The van der Waals surface area contributed by atoms with E-state index in [9.17, 15) is 28.8 Å². The van der Waals surface area contributed by atoms with Gasteiger partial charge in [-0.25, -0.2) is 0 Å². The van der Waals surface area contributed by atoms with E-state index in [2.05, 4.69) is 26.0 Å². The summed E-state index contributed by atoms with van der Waals surface area (Å²) in [6, 6.07) is 3.28. The highest BCUT2D eigenvalue weighted by atomic mass is 16.5. The first kappa shape index (κ1) is 28.2. The van der Waals surface area contributed by atoms with Gasteiger partial charge in [-0.3, -0.25) is 28.8 Å². The summed E-state index contributed by atoms with van der Waals surface area (Å²) in [5.41, 5.74) is 5.64. The van der Waals surface area contributed by atoms with Crippen LogP contribution >= 0.6 is 0 Å². The minimum atomic E-state index is -1.08. The van der Waals surface area contributed by atoms with Crippen LogP contribution in [0.25, 0.3) is 0 Å². The summed E-state index contributed by atoms with van der Waals surface area (Å²) in [6.45, 7) is -0.0568. The number of esters is 1. The number of carbonyl (C=O) groups excluding carboxylic acids is 6. The summed E-state index contributed by atoms with van der Waals surface area (Å²) in [7, 11) is 4.21. The molecule has 0 aromatic heterocycles. The van der Waals surface area contributed by atoms with Crippen molar-refractivity contribution in [2.24, 2.45) is 5.73 Å². The highest BCUT2D eigenvalue weighted by Crippen LogP contribution is 2.21. The fourth-order valence-corrected chi connectivity index (χ4v) is 3.91. The second kappa shape index (κ2) is 13.2. The van der Waals surface area contributed by atoms with Crippen LogP contribution in [0.3, 0.4) is 0 Å². The molecule has 2 rings (SSSR count). The summed E-state index contributed by atoms with van der Waals surface area (Å²) < 4.78 is 4.63. The topological polar surface area (TPSA) is 189 Å². The molecule has 1 aromatic carbocycles. The largest absolute Gasteiger partial charge is 0.469 e. The predicted molar refractivity (Wildman–Crippen MR) is 128 cm³/mol. The molecule has 1 saturated heterocycles. The quantitative estimate of drug-likeness (QED) is 0.212. The highest BCUT2D eigenvalue weighted by Gasteiger charge is 2.42. The van der Waals surface area contributed by atoms with Gasteiger partial charge in [-0.05, 0) is 38.1 Å². The van der Waals surface area contributed by atoms with Crippen molar-refractivity contribution in [3.8, 4) is 0 Å². The first-order valence-electron chi connectivity index (χ1n) is 11.3. The number of carbonyl (C=O) groups is 6. The number of nitrogens with zero attached hydrogens (tertiary/aromatic N) is 1. The van der Waals surface area contributed by atoms with Crippen LogP contribution in [0, 0.1) is 0 Å². The molecule has 13 heteroatoms. The van der Waals surface area contributed by atoms with Gasteiger partial charge in [0.2, 0.25) is 23.6 Å². The van der Waals surface area contributed by atoms with Gasteiger partial charge in [0, 0.05) is 37.2 Å². The standard InChI is InChI=1S/C23H32N6O7/c1-25-11-18(30)28-16(7-8-19(31)36-3)23(35)29-12-15(10-17(29)22(34)26-2)27-21(33)14-6-4-5-13(9-14)20(24)32/h4-6,9,15-17,25H,7-8,10-12H2,1-3H3,(H2,24,32)(H,26,34)(H,27,33)(H,28,30). The highest BCUT2D eigenvalue weighted by molar-refractivity contribution is 5.99. The van der Waals surface area contributed by atoms with E-state index >= 15 is 0 Å². The second-order valence-corrected chi connectivity index (χ2v) is 8.24. The van der Waals surface area contributed by atoms with Crippen molar-refractivity contribution >= 4 is 35.5 Å². The maximum atomic E-state index is 13.4. The number of nitrogens with one attached hydrogen (secondary N) is 4. The van der Waals surface area contributed by atoms with Crippen molar-refractivity contribution in [3.63, 3.8) is 0 Å². The molecule has 0 bridgehead atoms. The molecule has 1 aromatic rings. The van der Waals surface area contributed by atoms with Gasteiger partial charge in [-0.1, -0.05) is 6.07 Å². The first-order chi connectivity index (χ1) is 17.1. The molecule has 0 spiro atoms. The molecule has 5 amide bonds. The lowest BCUT2D eigenvalue weighted by atomic mass is 10.1. The van der Waals surface area contributed by atoms with Gasteiger partial charge in [0.25, 0.3) is 5.91 Å². The lowest BCUT2D eigenvalue weighted by molar-refractivity contribution is -0.143. The molecule has 1 aliphatic rings. The van der Waals surface area contributed by atoms with E-state index in [-0.39, 0.29) is 43.5 Å². The van der Waals surface area contributed by atoms with Gasteiger partial charge in [-0.2, -0.15) is 0 Å². The van der Waals surface area contributed by atoms with Crippen LogP contribution in [-0.4, -0.2) is 92.8 Å². The molecule has 196 valence electrons. The van der Waals surface area contributed by atoms with Crippen LogP contribution in [0.5, 0.6) is 0 Å².